The minimum Gasteiger partial charge on any atom is -0.281 e. The number of para-hydroxylation sites is 1. The molecule has 120 valence electrons. The number of halogens is 2. The SMILES string of the molecule is N#CCn1c(CSc2cc(F)ccc2F)nc2ccccc2c1=O. The number of hydrogen-bond acceptors (Lipinski definition) is 4. The number of aromatic nitrogens is 2. The fraction of sp³-hybridized carbons (Fsp3) is 0.118. The van der Waals surface area contributed by atoms with Gasteiger partial charge in [0.25, 0.3) is 5.56 Å². The van der Waals surface area contributed by atoms with Crippen LogP contribution in [0.25, 0.3) is 10.9 Å². The number of nitrogens with zero attached hydrogens (tertiary/aromatic N) is 3. The van der Waals surface area contributed by atoms with Crippen LogP contribution < -0.4 is 5.56 Å². The Morgan fingerprint density at radius 1 is 1.21 bits per heavy atom. The highest BCUT2D eigenvalue weighted by molar-refractivity contribution is 7.98. The topological polar surface area (TPSA) is 58.7 Å². The Morgan fingerprint density at radius 2 is 2.00 bits per heavy atom. The summed E-state index contributed by atoms with van der Waals surface area (Å²) in [6.07, 6.45) is 0. The van der Waals surface area contributed by atoms with Gasteiger partial charge in [-0.15, -0.1) is 11.8 Å². The minimum atomic E-state index is -0.545. The Morgan fingerprint density at radius 3 is 2.79 bits per heavy atom. The van der Waals surface area contributed by atoms with Gasteiger partial charge in [-0.25, -0.2) is 13.8 Å². The molecular weight excluding hydrogens is 332 g/mol. The fourth-order valence-corrected chi connectivity index (χ4v) is 3.19. The molecule has 0 saturated carbocycles. The summed E-state index contributed by atoms with van der Waals surface area (Å²) in [7, 11) is 0. The van der Waals surface area contributed by atoms with Gasteiger partial charge in [-0.2, -0.15) is 5.26 Å². The predicted molar refractivity (Wildman–Crippen MR) is 87.5 cm³/mol. The summed E-state index contributed by atoms with van der Waals surface area (Å²) in [5, 5.41) is 9.37. The van der Waals surface area contributed by atoms with Gasteiger partial charge >= 0.3 is 0 Å². The largest absolute Gasteiger partial charge is 0.281 e. The standard InChI is InChI=1S/C17H11F2N3OS/c18-11-5-6-13(19)15(9-11)24-10-16-21-14-4-2-1-3-12(14)17(23)22(16)8-7-20/h1-6,9H,8,10H2. The number of rotatable bonds is 4. The van der Waals surface area contributed by atoms with E-state index in [2.05, 4.69) is 4.98 Å². The molecule has 0 bridgehead atoms. The lowest BCUT2D eigenvalue weighted by atomic mass is 10.2. The van der Waals surface area contributed by atoms with E-state index in [1.807, 2.05) is 6.07 Å². The quantitative estimate of drug-likeness (QED) is 0.681. The molecular formula is C17H11F2N3OS. The molecule has 0 saturated heterocycles. The lowest BCUT2D eigenvalue weighted by molar-refractivity contribution is 0.577. The average molecular weight is 343 g/mol. The maximum atomic E-state index is 13.7. The highest BCUT2D eigenvalue weighted by Gasteiger charge is 2.12. The van der Waals surface area contributed by atoms with Crippen molar-refractivity contribution in [2.45, 2.75) is 17.2 Å². The first-order valence-corrected chi connectivity index (χ1v) is 8.02. The van der Waals surface area contributed by atoms with Crippen LogP contribution in [-0.4, -0.2) is 9.55 Å². The molecule has 0 amide bonds. The molecule has 1 aromatic heterocycles. The number of nitriles is 1. The van der Waals surface area contributed by atoms with E-state index in [0.717, 1.165) is 30.0 Å². The van der Waals surface area contributed by atoms with Gasteiger partial charge in [0.05, 0.1) is 22.7 Å². The zero-order chi connectivity index (χ0) is 17.1. The lowest BCUT2D eigenvalue weighted by Gasteiger charge is -2.11. The molecule has 2 aromatic carbocycles. The molecule has 0 atom stereocenters. The average Bonchev–Trinajstić information content (AvgIpc) is 2.58. The summed E-state index contributed by atoms with van der Waals surface area (Å²) >= 11 is 1.02. The van der Waals surface area contributed by atoms with Crippen molar-refractivity contribution in [2.75, 3.05) is 0 Å². The smallest absolute Gasteiger partial charge is 0.262 e. The highest BCUT2D eigenvalue weighted by Crippen LogP contribution is 2.26. The van der Waals surface area contributed by atoms with E-state index in [-0.39, 0.29) is 22.8 Å². The second-order valence-corrected chi connectivity index (χ2v) is 5.98. The van der Waals surface area contributed by atoms with Crippen molar-refractivity contribution in [1.82, 2.24) is 9.55 Å². The number of thioether (sulfide) groups is 1. The Kier molecular flexibility index (Phi) is 4.58. The Hall–Kier alpha value is -2.72. The summed E-state index contributed by atoms with van der Waals surface area (Å²) in [6, 6.07) is 11.9. The van der Waals surface area contributed by atoms with Crippen LogP contribution in [0.15, 0.2) is 52.2 Å². The Balaban J connectivity index is 2.02. The van der Waals surface area contributed by atoms with Crippen LogP contribution in [0.5, 0.6) is 0 Å². The third-order valence-corrected chi connectivity index (χ3v) is 4.45. The first kappa shape index (κ1) is 16.1. The third kappa shape index (κ3) is 3.14. The van der Waals surface area contributed by atoms with Gasteiger partial charge in [0.2, 0.25) is 0 Å². The van der Waals surface area contributed by atoms with Gasteiger partial charge in [0, 0.05) is 4.90 Å². The van der Waals surface area contributed by atoms with E-state index in [0.29, 0.717) is 16.7 Å². The molecule has 0 fully saturated rings. The molecule has 0 aliphatic heterocycles. The van der Waals surface area contributed by atoms with Crippen LogP contribution in [0.1, 0.15) is 5.82 Å². The van der Waals surface area contributed by atoms with Crippen molar-refractivity contribution in [1.29, 1.82) is 5.26 Å². The van der Waals surface area contributed by atoms with Gasteiger partial charge in [0.15, 0.2) is 0 Å². The van der Waals surface area contributed by atoms with E-state index in [9.17, 15) is 13.6 Å². The number of fused-ring (bicyclic) bond motifs is 1. The summed E-state index contributed by atoms with van der Waals surface area (Å²) < 4.78 is 28.2. The van der Waals surface area contributed by atoms with E-state index < -0.39 is 11.6 Å². The van der Waals surface area contributed by atoms with E-state index in [1.165, 1.54) is 4.57 Å². The molecule has 1 heterocycles. The summed E-state index contributed by atoms with van der Waals surface area (Å²) in [6.45, 7) is -0.155. The van der Waals surface area contributed by atoms with Crippen LogP contribution in [-0.2, 0) is 12.3 Å². The molecule has 7 heteroatoms. The molecule has 0 unspecified atom stereocenters. The number of benzene rings is 2. The van der Waals surface area contributed by atoms with Crippen molar-refractivity contribution < 1.29 is 8.78 Å². The molecule has 0 aliphatic carbocycles. The van der Waals surface area contributed by atoms with Gasteiger partial charge in [-0.3, -0.25) is 9.36 Å². The molecule has 0 radical (unpaired) electrons. The summed E-state index contributed by atoms with van der Waals surface area (Å²) in [4.78, 5) is 17.0. The van der Waals surface area contributed by atoms with Crippen LogP contribution in [0.2, 0.25) is 0 Å². The predicted octanol–water partition coefficient (Wildman–Crippen LogP) is 3.49. The maximum Gasteiger partial charge on any atom is 0.262 e. The van der Waals surface area contributed by atoms with Crippen LogP contribution >= 0.6 is 11.8 Å². The maximum absolute atomic E-state index is 13.7. The zero-order valence-electron chi connectivity index (χ0n) is 12.4. The number of hydrogen-bond donors (Lipinski definition) is 0. The molecule has 4 nitrogen and oxygen atoms in total. The second kappa shape index (κ2) is 6.81. The van der Waals surface area contributed by atoms with Crippen molar-refractivity contribution in [3.05, 3.63) is 70.3 Å². The van der Waals surface area contributed by atoms with E-state index in [1.54, 1.807) is 24.3 Å². The van der Waals surface area contributed by atoms with E-state index >= 15 is 0 Å². The second-order valence-electron chi connectivity index (χ2n) is 4.96. The summed E-state index contributed by atoms with van der Waals surface area (Å²) in [5.74, 6) is -0.604. The fourth-order valence-electron chi connectivity index (χ4n) is 2.29. The lowest BCUT2D eigenvalue weighted by Crippen LogP contribution is -2.24. The molecule has 24 heavy (non-hydrogen) atoms. The van der Waals surface area contributed by atoms with Crippen molar-refractivity contribution >= 4 is 22.7 Å². The van der Waals surface area contributed by atoms with Crippen LogP contribution in [0, 0.1) is 23.0 Å². The van der Waals surface area contributed by atoms with Crippen molar-refractivity contribution in [2.24, 2.45) is 0 Å². The normalized spacial score (nSPS) is 10.7. The van der Waals surface area contributed by atoms with Crippen LogP contribution in [0.3, 0.4) is 0 Å². The Labute approximate surface area is 140 Å². The van der Waals surface area contributed by atoms with E-state index in [4.69, 9.17) is 5.26 Å². The highest BCUT2D eigenvalue weighted by atomic mass is 32.2. The van der Waals surface area contributed by atoms with Gasteiger partial charge in [-0.1, -0.05) is 12.1 Å². The molecule has 0 N–H and O–H groups in total. The molecule has 0 spiro atoms. The van der Waals surface area contributed by atoms with Gasteiger partial charge < -0.3 is 0 Å². The third-order valence-electron chi connectivity index (χ3n) is 3.42. The first-order chi connectivity index (χ1) is 11.6. The van der Waals surface area contributed by atoms with Crippen molar-refractivity contribution in [3.8, 4) is 6.07 Å². The monoisotopic (exact) mass is 343 g/mol. The summed E-state index contributed by atoms with van der Waals surface area (Å²) in [5.41, 5.74) is 0.185. The Bertz CT molecular complexity index is 1010. The van der Waals surface area contributed by atoms with Crippen LogP contribution in [0.4, 0.5) is 8.78 Å². The minimum absolute atomic E-state index is 0.126. The van der Waals surface area contributed by atoms with Crippen molar-refractivity contribution in [3.63, 3.8) is 0 Å². The molecule has 3 rings (SSSR count). The van der Waals surface area contributed by atoms with Gasteiger partial charge in [-0.05, 0) is 30.3 Å². The van der Waals surface area contributed by atoms with Gasteiger partial charge in [0.1, 0.15) is 24.0 Å². The molecule has 3 aromatic rings. The first-order valence-electron chi connectivity index (χ1n) is 7.03. The zero-order valence-corrected chi connectivity index (χ0v) is 13.2. The molecule has 0 aliphatic rings.